The molecule has 0 aliphatic rings. The molecule has 0 amide bonds. The second kappa shape index (κ2) is 19.0. The Kier molecular flexibility index (Phi) is 13.0. The molecule has 0 radical (unpaired) electrons. The van der Waals surface area contributed by atoms with Gasteiger partial charge in [0.25, 0.3) is 0 Å². The number of benzene rings is 8. The van der Waals surface area contributed by atoms with Crippen LogP contribution in [0.1, 0.15) is 77.6 Å². The number of imidazole rings is 1. The molecule has 5 heteroatoms. The van der Waals surface area contributed by atoms with Crippen LogP contribution in [0.4, 0.5) is 0 Å². The summed E-state index contributed by atoms with van der Waals surface area (Å²) in [6, 6.07) is 72.3. The van der Waals surface area contributed by atoms with Crippen LogP contribution in [0.25, 0.3) is 83.9 Å². The topological polar surface area (TPSA) is 50.9 Å². The molecule has 70 heavy (non-hydrogen) atoms. The van der Waals surface area contributed by atoms with Crippen molar-refractivity contribution >= 4 is 11.0 Å². The molecule has 10 aromatic rings. The summed E-state index contributed by atoms with van der Waals surface area (Å²) < 4.78 is 2.24. The van der Waals surface area contributed by atoms with Crippen molar-refractivity contribution < 1.29 is 26.2 Å². The molecule has 0 aliphatic carbocycles. The van der Waals surface area contributed by atoms with Crippen LogP contribution < -0.4 is 0 Å². The molecular weight excluding hydrogens is 1030 g/mol. The molecule has 2 aromatic heterocycles. The Labute approximate surface area is 428 Å². The second-order valence-corrected chi connectivity index (χ2v) is 20.8. The molecule has 0 fully saturated rings. The van der Waals surface area contributed by atoms with E-state index in [4.69, 9.17) is 9.97 Å². The van der Waals surface area contributed by atoms with Gasteiger partial charge in [0.05, 0.1) is 22.3 Å². The molecule has 8 aromatic carbocycles. The zero-order valence-corrected chi connectivity index (χ0v) is 43.4. The number of para-hydroxylation sites is 1. The Morgan fingerprint density at radius 2 is 1.00 bits per heavy atom. The zero-order valence-electron chi connectivity index (χ0n) is 41.2. The van der Waals surface area contributed by atoms with E-state index in [0.717, 1.165) is 78.0 Å². The number of hydrogen-bond donors (Lipinski definition) is 1. The first kappa shape index (κ1) is 47.9. The number of hydrogen-bond acceptors (Lipinski definition) is 3. The van der Waals surface area contributed by atoms with E-state index in [1.54, 1.807) is 0 Å². The molecule has 0 bridgehead atoms. The number of nitrogens with zero attached hydrogens (tertiary/aromatic N) is 3. The quantitative estimate of drug-likeness (QED) is 0.147. The number of pyridine rings is 1. The van der Waals surface area contributed by atoms with E-state index in [1.807, 2.05) is 24.4 Å². The van der Waals surface area contributed by atoms with Crippen molar-refractivity contribution in [3.63, 3.8) is 0 Å². The van der Waals surface area contributed by atoms with Gasteiger partial charge in [0.2, 0.25) is 0 Å². The average Bonchev–Trinajstić information content (AvgIpc) is 3.76. The van der Waals surface area contributed by atoms with E-state index in [-0.39, 0.29) is 43.1 Å². The number of phenols is 1. The Morgan fingerprint density at radius 1 is 0.443 bits per heavy atom. The Bertz CT molecular complexity index is 3470. The van der Waals surface area contributed by atoms with Gasteiger partial charge in [-0.3, -0.25) is 9.55 Å². The minimum absolute atomic E-state index is 0. The van der Waals surface area contributed by atoms with E-state index in [0.29, 0.717) is 11.4 Å². The van der Waals surface area contributed by atoms with E-state index in [1.165, 1.54) is 16.7 Å². The van der Waals surface area contributed by atoms with E-state index in [2.05, 4.69) is 242 Å². The summed E-state index contributed by atoms with van der Waals surface area (Å²) in [5, 5.41) is 11.8. The molecular formula is C65H58N3OPt-. The van der Waals surface area contributed by atoms with E-state index < -0.39 is 0 Å². The molecule has 1 N–H and O–H groups in total. The number of fused-ring (bicyclic) bond motifs is 1. The molecule has 0 atom stereocenters. The predicted octanol–water partition coefficient (Wildman–Crippen LogP) is 16.8. The molecule has 0 saturated carbocycles. The van der Waals surface area contributed by atoms with Gasteiger partial charge in [0.15, 0.2) is 0 Å². The van der Waals surface area contributed by atoms with Crippen molar-refractivity contribution in [3.05, 3.63) is 229 Å². The maximum absolute atomic E-state index is 11.8. The van der Waals surface area contributed by atoms with Gasteiger partial charge < -0.3 is 5.11 Å². The summed E-state index contributed by atoms with van der Waals surface area (Å²) in [7, 11) is 0. The number of phenolic OH excluding ortho intramolecular Hbond substituents is 1. The average molecular weight is 1090 g/mol. The van der Waals surface area contributed by atoms with Crippen LogP contribution in [0.3, 0.4) is 0 Å². The van der Waals surface area contributed by atoms with Crippen molar-refractivity contribution in [1.29, 1.82) is 0 Å². The number of rotatable bonds is 9. The van der Waals surface area contributed by atoms with Crippen molar-refractivity contribution in [2.75, 3.05) is 0 Å². The number of aromatic nitrogens is 3. The summed E-state index contributed by atoms with van der Waals surface area (Å²) in [4.78, 5) is 10.6. The largest absolute Gasteiger partial charge is 0.507 e. The Hall–Kier alpha value is -7.13. The Balaban J connectivity index is 0.00000608. The van der Waals surface area contributed by atoms with Crippen LogP contribution >= 0.6 is 0 Å². The molecule has 0 aliphatic heterocycles. The van der Waals surface area contributed by atoms with Gasteiger partial charge in [-0.15, -0.1) is 23.8 Å². The van der Waals surface area contributed by atoms with Gasteiger partial charge in [-0.1, -0.05) is 218 Å². The van der Waals surface area contributed by atoms with E-state index >= 15 is 0 Å². The fourth-order valence-electron chi connectivity index (χ4n) is 9.48. The predicted molar refractivity (Wildman–Crippen MR) is 288 cm³/mol. The molecule has 2 heterocycles. The zero-order chi connectivity index (χ0) is 48.1. The third-order valence-corrected chi connectivity index (χ3v) is 13.7. The number of aromatic hydroxyl groups is 1. The van der Waals surface area contributed by atoms with Crippen LogP contribution in [-0.2, 0) is 37.3 Å². The first-order valence-corrected chi connectivity index (χ1v) is 24.0. The van der Waals surface area contributed by atoms with Crippen molar-refractivity contribution in [3.8, 4) is 78.6 Å². The minimum atomic E-state index is -0.161. The second-order valence-electron chi connectivity index (χ2n) is 20.8. The minimum Gasteiger partial charge on any atom is -0.507 e. The Morgan fingerprint density at radius 3 is 1.66 bits per heavy atom. The summed E-state index contributed by atoms with van der Waals surface area (Å²) in [6.45, 7) is 17.9. The van der Waals surface area contributed by atoms with Crippen LogP contribution in [0.5, 0.6) is 5.75 Å². The first-order valence-electron chi connectivity index (χ1n) is 24.0. The third-order valence-electron chi connectivity index (χ3n) is 13.7. The van der Waals surface area contributed by atoms with Crippen LogP contribution in [-0.4, -0.2) is 19.6 Å². The van der Waals surface area contributed by atoms with Gasteiger partial charge in [-0.25, -0.2) is 4.98 Å². The maximum atomic E-state index is 11.8. The molecule has 350 valence electrons. The summed E-state index contributed by atoms with van der Waals surface area (Å²) in [6.07, 6.45) is 1.90. The van der Waals surface area contributed by atoms with E-state index in [9.17, 15) is 5.11 Å². The molecule has 10 rings (SSSR count). The third kappa shape index (κ3) is 9.34. The summed E-state index contributed by atoms with van der Waals surface area (Å²) in [5.41, 5.74) is 17.9. The summed E-state index contributed by atoms with van der Waals surface area (Å²) in [5.74, 6) is 0.836. The molecule has 4 nitrogen and oxygen atoms in total. The fourth-order valence-corrected chi connectivity index (χ4v) is 9.48. The van der Waals surface area contributed by atoms with Gasteiger partial charge in [-0.2, -0.15) is 0 Å². The van der Waals surface area contributed by atoms with Gasteiger partial charge >= 0.3 is 0 Å². The van der Waals surface area contributed by atoms with Crippen LogP contribution in [0.2, 0.25) is 0 Å². The van der Waals surface area contributed by atoms with Gasteiger partial charge in [0, 0.05) is 43.9 Å². The smallest absolute Gasteiger partial charge is 0.148 e. The monoisotopic (exact) mass is 1090 g/mol. The van der Waals surface area contributed by atoms with Crippen molar-refractivity contribution in [1.82, 2.24) is 14.5 Å². The normalized spacial score (nSPS) is 11.9. The van der Waals surface area contributed by atoms with Crippen LogP contribution in [0.15, 0.2) is 200 Å². The van der Waals surface area contributed by atoms with Crippen molar-refractivity contribution in [2.45, 2.75) is 71.6 Å². The fraction of sp³-hybridized carbons (Fsp3) is 0.169. The van der Waals surface area contributed by atoms with Gasteiger partial charge in [0.1, 0.15) is 11.6 Å². The van der Waals surface area contributed by atoms with Gasteiger partial charge in [-0.05, 0) is 91.7 Å². The van der Waals surface area contributed by atoms with Crippen LogP contribution in [0, 0.1) is 6.07 Å². The molecule has 0 spiro atoms. The molecule has 0 unspecified atom stereocenters. The SMILES string of the molecule is CC(C)(C)c1ccc(O)c(-c2nc3c(-c4[c-]c(-c5cc(-c6ccc(C(C)(C)c7ccccc7)cc6)ccn5)cc(-c5ccccc5)c4)cccc3n2-c2ccc(C(C)(C)C)cc2-c2ccccc2)c1.[Pt]. The standard InChI is InChI=1S/C65H58N3O.Pt/c1-63(2,3)52-31-33-58(55(41-52)45-21-14-10-15-22-45)68-59-26-18-25-54(61(59)67-62(68)56-42-53(64(4,5)6)32-34-60(56)69)48-37-47(43-19-12-9-13-20-43)38-49(39-48)57-40-46(35-36-66-57)44-27-29-51(30-28-44)65(7,8)50-23-16-11-17-24-50;/h9-38,40-42,69H,1-8H3;/q-1;. The first-order chi connectivity index (χ1) is 33.1. The maximum Gasteiger partial charge on any atom is 0.148 e. The van der Waals surface area contributed by atoms with Crippen molar-refractivity contribution in [2.24, 2.45) is 0 Å². The summed E-state index contributed by atoms with van der Waals surface area (Å²) >= 11 is 0. The molecule has 0 saturated heterocycles.